The molecule has 2 aromatic rings. The molecule has 0 aliphatic carbocycles. The number of hydrogen-bond acceptors (Lipinski definition) is 3. The molecule has 0 atom stereocenters. The molecule has 0 aliphatic rings. The van der Waals surface area contributed by atoms with Gasteiger partial charge in [0.15, 0.2) is 5.78 Å². The van der Waals surface area contributed by atoms with Gasteiger partial charge in [0, 0.05) is 11.6 Å². The zero-order valence-corrected chi connectivity index (χ0v) is 10.4. The molecular formula is C13H17N3O. The Hall–Kier alpha value is -1.68. The SMILES string of the molecule is CNCC(=O)c1ccc2c(c1)ncn2C(C)C. The number of benzene rings is 1. The van der Waals surface area contributed by atoms with Gasteiger partial charge in [-0.2, -0.15) is 0 Å². The Labute approximate surface area is 101 Å². The second-order valence-electron chi connectivity index (χ2n) is 4.40. The molecule has 0 fully saturated rings. The normalized spacial score (nSPS) is 11.3. The Bertz CT molecular complexity index is 543. The van der Waals surface area contributed by atoms with Crippen molar-refractivity contribution in [2.24, 2.45) is 0 Å². The molecule has 2 rings (SSSR count). The second-order valence-corrected chi connectivity index (χ2v) is 4.40. The van der Waals surface area contributed by atoms with E-state index in [1.165, 1.54) is 0 Å². The highest BCUT2D eigenvalue weighted by molar-refractivity contribution is 6.00. The van der Waals surface area contributed by atoms with Crippen LogP contribution in [0.1, 0.15) is 30.2 Å². The summed E-state index contributed by atoms with van der Waals surface area (Å²) in [5, 5.41) is 2.86. The third-order valence-corrected chi connectivity index (χ3v) is 2.79. The number of Topliss-reactive ketones (excluding diaryl/α,β-unsaturated/α-hetero) is 1. The van der Waals surface area contributed by atoms with Crippen LogP contribution >= 0.6 is 0 Å². The number of hydrogen-bond donors (Lipinski definition) is 1. The summed E-state index contributed by atoms with van der Waals surface area (Å²) in [6.45, 7) is 4.58. The monoisotopic (exact) mass is 231 g/mol. The van der Waals surface area contributed by atoms with Crippen LogP contribution in [-0.2, 0) is 0 Å². The highest BCUT2D eigenvalue weighted by atomic mass is 16.1. The minimum Gasteiger partial charge on any atom is -0.328 e. The lowest BCUT2D eigenvalue weighted by Gasteiger charge is -2.07. The first kappa shape index (κ1) is 11.8. The number of nitrogens with zero attached hydrogens (tertiary/aromatic N) is 2. The molecule has 0 unspecified atom stereocenters. The molecule has 0 spiro atoms. The molecule has 0 amide bonds. The fourth-order valence-electron chi connectivity index (χ4n) is 1.88. The summed E-state index contributed by atoms with van der Waals surface area (Å²) in [7, 11) is 1.77. The highest BCUT2D eigenvalue weighted by Crippen LogP contribution is 2.18. The molecule has 0 radical (unpaired) electrons. The van der Waals surface area contributed by atoms with Crippen molar-refractivity contribution < 1.29 is 4.79 Å². The predicted molar refractivity (Wildman–Crippen MR) is 68.4 cm³/mol. The van der Waals surface area contributed by atoms with E-state index in [0.717, 1.165) is 11.0 Å². The van der Waals surface area contributed by atoms with Crippen LogP contribution < -0.4 is 5.32 Å². The first-order valence-corrected chi connectivity index (χ1v) is 5.78. The van der Waals surface area contributed by atoms with Gasteiger partial charge in [-0.3, -0.25) is 4.79 Å². The molecular weight excluding hydrogens is 214 g/mol. The third-order valence-electron chi connectivity index (χ3n) is 2.79. The summed E-state index contributed by atoms with van der Waals surface area (Å²) in [6, 6.07) is 6.06. The van der Waals surface area contributed by atoms with Gasteiger partial charge in [-0.15, -0.1) is 0 Å². The van der Waals surface area contributed by atoms with Gasteiger partial charge in [0.1, 0.15) is 0 Å². The predicted octanol–water partition coefficient (Wildman–Crippen LogP) is 2.02. The van der Waals surface area contributed by atoms with Gasteiger partial charge in [0.25, 0.3) is 0 Å². The summed E-state index contributed by atoms with van der Waals surface area (Å²) in [6.07, 6.45) is 1.82. The van der Waals surface area contributed by atoms with E-state index in [4.69, 9.17) is 0 Å². The van der Waals surface area contributed by atoms with E-state index < -0.39 is 0 Å². The average molecular weight is 231 g/mol. The second kappa shape index (κ2) is 4.67. The summed E-state index contributed by atoms with van der Waals surface area (Å²) in [4.78, 5) is 16.1. The third kappa shape index (κ3) is 2.22. The number of nitrogens with one attached hydrogen (secondary N) is 1. The van der Waals surface area contributed by atoms with E-state index in [0.29, 0.717) is 18.2 Å². The molecule has 1 N–H and O–H groups in total. The molecule has 0 saturated carbocycles. The maximum Gasteiger partial charge on any atom is 0.176 e. The van der Waals surface area contributed by atoms with Crippen LogP contribution in [0.2, 0.25) is 0 Å². The molecule has 0 saturated heterocycles. The minimum atomic E-state index is 0.0912. The van der Waals surface area contributed by atoms with Gasteiger partial charge >= 0.3 is 0 Å². The van der Waals surface area contributed by atoms with Crippen molar-refractivity contribution in [2.45, 2.75) is 19.9 Å². The number of fused-ring (bicyclic) bond motifs is 1. The molecule has 0 bridgehead atoms. The van der Waals surface area contributed by atoms with E-state index in [1.807, 2.05) is 24.5 Å². The topological polar surface area (TPSA) is 46.9 Å². The molecule has 4 heteroatoms. The molecule has 90 valence electrons. The number of likely N-dealkylation sites (N-methyl/N-ethyl adjacent to an activating group) is 1. The maximum absolute atomic E-state index is 11.7. The van der Waals surface area contributed by atoms with Crippen LogP contribution in [-0.4, -0.2) is 28.9 Å². The van der Waals surface area contributed by atoms with Crippen molar-refractivity contribution in [2.75, 3.05) is 13.6 Å². The Morgan fingerprint density at radius 1 is 1.47 bits per heavy atom. The number of carbonyl (C=O) groups is 1. The van der Waals surface area contributed by atoms with E-state index in [2.05, 4.69) is 28.7 Å². The number of carbonyl (C=O) groups excluding carboxylic acids is 1. The lowest BCUT2D eigenvalue weighted by atomic mass is 10.1. The van der Waals surface area contributed by atoms with Crippen LogP contribution in [0, 0.1) is 0 Å². The number of imidazole rings is 1. The standard InChI is InChI=1S/C13H17N3O/c1-9(2)16-8-15-11-6-10(4-5-12(11)16)13(17)7-14-3/h4-6,8-9,14H,7H2,1-3H3. The van der Waals surface area contributed by atoms with Crippen LogP contribution in [0.25, 0.3) is 11.0 Å². The Morgan fingerprint density at radius 2 is 2.24 bits per heavy atom. The smallest absolute Gasteiger partial charge is 0.176 e. The summed E-state index contributed by atoms with van der Waals surface area (Å²) < 4.78 is 2.10. The Balaban J connectivity index is 2.42. The number of rotatable bonds is 4. The van der Waals surface area contributed by atoms with E-state index in [9.17, 15) is 4.79 Å². The fourth-order valence-corrected chi connectivity index (χ4v) is 1.88. The molecule has 1 heterocycles. The first-order chi connectivity index (χ1) is 8.13. The van der Waals surface area contributed by atoms with Crippen molar-refractivity contribution in [1.29, 1.82) is 0 Å². The van der Waals surface area contributed by atoms with Crippen LogP contribution in [0.3, 0.4) is 0 Å². The summed E-state index contributed by atoms with van der Waals surface area (Å²) >= 11 is 0. The fraction of sp³-hybridized carbons (Fsp3) is 0.385. The summed E-state index contributed by atoms with van der Waals surface area (Å²) in [5.74, 6) is 0.0912. The van der Waals surface area contributed by atoms with Gasteiger partial charge in [0.2, 0.25) is 0 Å². The van der Waals surface area contributed by atoms with E-state index in [1.54, 1.807) is 7.05 Å². The van der Waals surface area contributed by atoms with Crippen LogP contribution in [0.5, 0.6) is 0 Å². The molecule has 17 heavy (non-hydrogen) atoms. The molecule has 1 aromatic carbocycles. The average Bonchev–Trinajstić information content (AvgIpc) is 2.71. The van der Waals surface area contributed by atoms with Gasteiger partial charge < -0.3 is 9.88 Å². The first-order valence-electron chi connectivity index (χ1n) is 5.78. The van der Waals surface area contributed by atoms with Crippen molar-refractivity contribution in [3.63, 3.8) is 0 Å². The molecule has 0 aliphatic heterocycles. The van der Waals surface area contributed by atoms with Gasteiger partial charge in [-0.25, -0.2) is 4.98 Å². The van der Waals surface area contributed by atoms with Crippen LogP contribution in [0.15, 0.2) is 24.5 Å². The Kier molecular flexibility index (Phi) is 3.24. The van der Waals surface area contributed by atoms with E-state index in [-0.39, 0.29) is 5.78 Å². The maximum atomic E-state index is 11.7. The summed E-state index contributed by atoms with van der Waals surface area (Å²) in [5.41, 5.74) is 2.66. The van der Waals surface area contributed by atoms with Crippen molar-refractivity contribution in [1.82, 2.24) is 14.9 Å². The van der Waals surface area contributed by atoms with Gasteiger partial charge in [0.05, 0.1) is 23.9 Å². The van der Waals surface area contributed by atoms with Gasteiger partial charge in [-0.1, -0.05) is 0 Å². The van der Waals surface area contributed by atoms with Crippen LogP contribution in [0.4, 0.5) is 0 Å². The molecule has 4 nitrogen and oxygen atoms in total. The van der Waals surface area contributed by atoms with E-state index >= 15 is 0 Å². The largest absolute Gasteiger partial charge is 0.328 e. The highest BCUT2D eigenvalue weighted by Gasteiger charge is 2.09. The minimum absolute atomic E-state index is 0.0912. The zero-order valence-electron chi connectivity index (χ0n) is 10.4. The lowest BCUT2D eigenvalue weighted by Crippen LogP contribution is -2.18. The van der Waals surface area contributed by atoms with Gasteiger partial charge in [-0.05, 0) is 39.1 Å². The Morgan fingerprint density at radius 3 is 2.88 bits per heavy atom. The zero-order chi connectivity index (χ0) is 12.4. The lowest BCUT2D eigenvalue weighted by molar-refractivity contribution is 0.0993. The van der Waals surface area contributed by atoms with Crippen molar-refractivity contribution >= 4 is 16.8 Å². The van der Waals surface area contributed by atoms with Crippen molar-refractivity contribution in [3.05, 3.63) is 30.1 Å². The number of ketones is 1. The quantitative estimate of drug-likeness (QED) is 0.819. The number of aromatic nitrogens is 2. The molecule has 1 aromatic heterocycles. The van der Waals surface area contributed by atoms with Crippen molar-refractivity contribution in [3.8, 4) is 0 Å².